The summed E-state index contributed by atoms with van der Waals surface area (Å²) in [5, 5.41) is 11.6. The summed E-state index contributed by atoms with van der Waals surface area (Å²) in [6.07, 6.45) is 7.33. The van der Waals surface area contributed by atoms with Crippen LogP contribution in [-0.4, -0.2) is 53.7 Å². The number of fused-ring (bicyclic) bond motifs is 2. The zero-order valence-corrected chi connectivity index (χ0v) is 20.0. The first-order valence-corrected chi connectivity index (χ1v) is 12.6. The summed E-state index contributed by atoms with van der Waals surface area (Å²) < 4.78 is 5.72. The second-order valence-electron chi connectivity index (χ2n) is 9.74. The number of carbonyl (C=O) groups is 2. The maximum atomic E-state index is 12.6. The number of pyridine rings is 1. The summed E-state index contributed by atoms with van der Waals surface area (Å²) in [7, 11) is 0. The molecule has 182 valence electrons. The third-order valence-corrected chi connectivity index (χ3v) is 7.27. The van der Waals surface area contributed by atoms with E-state index in [0.29, 0.717) is 47.2 Å². The van der Waals surface area contributed by atoms with Crippen molar-refractivity contribution in [2.45, 2.75) is 25.7 Å². The molecule has 1 fully saturated rings. The van der Waals surface area contributed by atoms with Gasteiger partial charge in [0, 0.05) is 48.1 Å². The highest BCUT2D eigenvalue weighted by Gasteiger charge is 2.33. The Morgan fingerprint density at radius 2 is 1.81 bits per heavy atom. The third-order valence-electron chi connectivity index (χ3n) is 7.27. The van der Waals surface area contributed by atoms with E-state index in [-0.39, 0.29) is 11.8 Å². The number of nitrogens with one attached hydrogen (secondary N) is 2. The van der Waals surface area contributed by atoms with Crippen LogP contribution in [0, 0.1) is 11.3 Å². The topological polar surface area (TPSA) is 95.4 Å². The van der Waals surface area contributed by atoms with E-state index in [9.17, 15) is 9.59 Å². The largest absolute Gasteiger partial charge is 0.491 e. The van der Waals surface area contributed by atoms with E-state index >= 15 is 0 Å². The Hall–Kier alpha value is -4.00. The molecule has 7 nitrogen and oxygen atoms in total. The van der Waals surface area contributed by atoms with Gasteiger partial charge in [-0.25, -0.2) is 0 Å². The number of ether oxygens (including phenoxy) is 1. The Balaban J connectivity index is 1.24. The van der Waals surface area contributed by atoms with Crippen LogP contribution in [0.1, 0.15) is 45.5 Å². The lowest BCUT2D eigenvalue weighted by molar-refractivity contribution is -0.132. The fourth-order valence-corrected chi connectivity index (χ4v) is 5.02. The zero-order chi connectivity index (χ0) is 24.6. The van der Waals surface area contributed by atoms with Crippen molar-refractivity contribution >= 4 is 17.5 Å². The lowest BCUT2D eigenvalue weighted by atomic mass is 9.95. The molecule has 3 heterocycles. The number of carbonyl (C=O) groups excluding carboxylic acids is 2. The Morgan fingerprint density at radius 1 is 0.972 bits per heavy atom. The summed E-state index contributed by atoms with van der Waals surface area (Å²) in [5.41, 5.74) is 6.76. The van der Waals surface area contributed by atoms with Crippen LogP contribution < -0.4 is 10.1 Å². The fourth-order valence-electron chi connectivity index (χ4n) is 5.02. The minimum Gasteiger partial charge on any atom is -0.491 e. The zero-order valence-electron chi connectivity index (χ0n) is 20.0. The van der Waals surface area contributed by atoms with Gasteiger partial charge in [-0.3, -0.25) is 20.0 Å². The minimum atomic E-state index is -0.160. The van der Waals surface area contributed by atoms with Crippen LogP contribution >= 0.6 is 0 Å². The number of aromatic nitrogens is 1. The van der Waals surface area contributed by atoms with Gasteiger partial charge < -0.3 is 15.0 Å². The molecule has 2 amide bonds. The number of nitrogens with zero attached hydrogens (tertiary/aromatic N) is 2. The molecule has 0 spiro atoms. The summed E-state index contributed by atoms with van der Waals surface area (Å²) >= 11 is 0. The average molecular weight is 481 g/mol. The van der Waals surface area contributed by atoms with Crippen LogP contribution in [0.3, 0.4) is 0 Å². The van der Waals surface area contributed by atoms with E-state index in [4.69, 9.17) is 10.1 Å². The van der Waals surface area contributed by atoms with Crippen LogP contribution in [0.15, 0.2) is 54.9 Å². The molecule has 3 aliphatic rings. The van der Waals surface area contributed by atoms with Crippen LogP contribution in [0.4, 0.5) is 0 Å². The van der Waals surface area contributed by atoms with Crippen molar-refractivity contribution < 1.29 is 14.3 Å². The molecule has 36 heavy (non-hydrogen) atoms. The highest BCUT2D eigenvalue weighted by Crippen LogP contribution is 2.32. The smallest absolute Gasteiger partial charge is 0.255 e. The molecule has 3 aromatic rings. The third kappa shape index (κ3) is 4.37. The fraction of sp³-hybridized carbons (Fsp3) is 0.310. The van der Waals surface area contributed by atoms with Gasteiger partial charge >= 0.3 is 0 Å². The van der Waals surface area contributed by atoms with E-state index in [1.807, 2.05) is 17.2 Å². The van der Waals surface area contributed by atoms with Gasteiger partial charge in [0.25, 0.3) is 5.91 Å². The molecule has 0 unspecified atom stereocenters. The van der Waals surface area contributed by atoms with Gasteiger partial charge in [-0.1, -0.05) is 24.3 Å². The molecular weight excluding hydrogens is 452 g/mol. The van der Waals surface area contributed by atoms with Gasteiger partial charge in [-0.2, -0.15) is 0 Å². The average Bonchev–Trinajstić information content (AvgIpc) is 3.78. The van der Waals surface area contributed by atoms with Crippen LogP contribution in [0.2, 0.25) is 0 Å². The Morgan fingerprint density at radius 3 is 2.64 bits per heavy atom. The summed E-state index contributed by atoms with van der Waals surface area (Å²) in [6.45, 7) is 2.43. The molecule has 0 atom stereocenters. The van der Waals surface area contributed by atoms with Crippen molar-refractivity contribution in [1.29, 1.82) is 5.41 Å². The van der Waals surface area contributed by atoms with Gasteiger partial charge in [0.1, 0.15) is 12.4 Å². The minimum absolute atomic E-state index is 0.160. The van der Waals surface area contributed by atoms with Crippen molar-refractivity contribution in [2.24, 2.45) is 5.92 Å². The normalized spacial score (nSPS) is 17.1. The summed E-state index contributed by atoms with van der Waals surface area (Å²) in [5.74, 6) is 0.917. The lowest BCUT2D eigenvalue weighted by Gasteiger charge is -2.19. The molecule has 2 N–H and O–H groups in total. The number of hydrogen-bond donors (Lipinski definition) is 2. The van der Waals surface area contributed by atoms with Crippen LogP contribution in [-0.2, 0) is 17.6 Å². The molecule has 6 rings (SSSR count). The maximum absolute atomic E-state index is 12.6. The number of benzene rings is 2. The molecule has 0 saturated heterocycles. The molecule has 2 aliphatic heterocycles. The van der Waals surface area contributed by atoms with Crippen LogP contribution in [0.25, 0.3) is 11.1 Å². The van der Waals surface area contributed by atoms with Gasteiger partial charge in [0.2, 0.25) is 5.91 Å². The summed E-state index contributed by atoms with van der Waals surface area (Å²) in [4.78, 5) is 31.2. The van der Waals surface area contributed by atoms with E-state index in [1.54, 1.807) is 24.4 Å². The van der Waals surface area contributed by atoms with Gasteiger partial charge in [0.15, 0.2) is 0 Å². The van der Waals surface area contributed by atoms with Gasteiger partial charge in [-0.15, -0.1) is 0 Å². The standard InChI is InChI=1S/C29H28N4O3/c30-27(22-5-6-25-26(15-22)36-12-9-32-28(25)34)24-14-23(16-31-17-24)20-4-1-18-7-10-33(11-8-21(18)13-20)29(35)19-2-3-19/h1,4-6,13-17,19,30H,2-3,7-12H2,(H,32,34). The molecule has 1 aliphatic carbocycles. The Kier molecular flexibility index (Phi) is 5.76. The predicted molar refractivity (Wildman–Crippen MR) is 137 cm³/mol. The van der Waals surface area contributed by atoms with Gasteiger partial charge in [-0.05, 0) is 60.6 Å². The molecule has 0 radical (unpaired) electrons. The lowest BCUT2D eigenvalue weighted by Crippen LogP contribution is -2.34. The number of amides is 2. The first-order valence-electron chi connectivity index (χ1n) is 12.6. The second kappa shape index (κ2) is 9.22. The highest BCUT2D eigenvalue weighted by molar-refractivity contribution is 6.12. The molecule has 1 saturated carbocycles. The van der Waals surface area contributed by atoms with E-state index in [2.05, 4.69) is 28.5 Å². The summed E-state index contributed by atoms with van der Waals surface area (Å²) in [6, 6.07) is 13.7. The Labute approximate surface area is 210 Å². The number of rotatable bonds is 4. The SMILES string of the molecule is N=C(c1cncc(-c2ccc3c(c2)CCN(C(=O)C2CC2)CC3)c1)c1ccc2c(c1)OCCNC2=O. The predicted octanol–water partition coefficient (Wildman–Crippen LogP) is 3.62. The monoisotopic (exact) mass is 480 g/mol. The first-order chi connectivity index (χ1) is 17.6. The van der Waals surface area contributed by atoms with Crippen molar-refractivity contribution in [3.8, 4) is 16.9 Å². The number of hydrogen-bond acceptors (Lipinski definition) is 5. The molecular formula is C29H28N4O3. The molecule has 0 bridgehead atoms. The van der Waals surface area contributed by atoms with Crippen molar-refractivity contribution in [3.63, 3.8) is 0 Å². The van der Waals surface area contributed by atoms with Crippen LogP contribution in [0.5, 0.6) is 5.75 Å². The van der Waals surface area contributed by atoms with E-state index in [1.165, 1.54) is 11.1 Å². The first kappa shape index (κ1) is 22.5. The second-order valence-corrected chi connectivity index (χ2v) is 9.74. The highest BCUT2D eigenvalue weighted by atomic mass is 16.5. The Bertz CT molecular complexity index is 1380. The molecule has 2 aromatic carbocycles. The van der Waals surface area contributed by atoms with E-state index in [0.717, 1.165) is 49.9 Å². The van der Waals surface area contributed by atoms with Crippen molar-refractivity contribution in [3.05, 3.63) is 82.7 Å². The molecule has 7 heteroatoms. The van der Waals surface area contributed by atoms with Crippen molar-refractivity contribution in [1.82, 2.24) is 15.2 Å². The molecule has 1 aromatic heterocycles. The van der Waals surface area contributed by atoms with E-state index < -0.39 is 0 Å². The van der Waals surface area contributed by atoms with Gasteiger partial charge in [0.05, 0.1) is 17.8 Å². The quantitative estimate of drug-likeness (QED) is 0.558. The van der Waals surface area contributed by atoms with Crippen molar-refractivity contribution in [2.75, 3.05) is 26.2 Å². The maximum Gasteiger partial charge on any atom is 0.255 e.